The lowest BCUT2D eigenvalue weighted by molar-refractivity contribution is 0.722. The van der Waals surface area contributed by atoms with E-state index in [2.05, 4.69) is 200 Å². The van der Waals surface area contributed by atoms with Gasteiger partial charge in [-0.15, -0.1) is 0 Å². The Morgan fingerprint density at radius 2 is 0.850 bits per heavy atom. The van der Waals surface area contributed by atoms with E-state index in [1.165, 1.54) is 48.7 Å². The number of rotatable bonds is 5. The predicted octanol–water partition coefficient (Wildman–Crippen LogP) is 14.2. The standard InChI is InChI=1S/C56H35N3S/c1-3-15-36(16-4-1)37-30-32-39(33-31-37)49-35-48(38-17-5-2-6-18-38)58-55(59-49)43-23-13-27-47-53(43)52-41(42-22-11-19-40-20-14-34-57-54(40)42)21-12-26-46(52)56(47)44-24-7-9-28-50(44)60-51-29-10-8-25-45(51)56/h1-35H. The summed E-state index contributed by atoms with van der Waals surface area (Å²) < 4.78 is 0. The number of aromatic nitrogens is 3. The number of hydrogen-bond acceptors (Lipinski definition) is 4. The van der Waals surface area contributed by atoms with Gasteiger partial charge in [-0.3, -0.25) is 4.98 Å². The molecule has 0 radical (unpaired) electrons. The van der Waals surface area contributed by atoms with Crippen LogP contribution in [0, 0.1) is 0 Å². The summed E-state index contributed by atoms with van der Waals surface area (Å²) >= 11 is 1.86. The highest BCUT2D eigenvalue weighted by Crippen LogP contribution is 2.64. The SMILES string of the molecule is c1ccc(-c2ccc(-c3cc(-c4ccccc4)nc(-c4cccc5c4-c4c(-c6cccc7cccnc67)cccc4C54c5ccccc5Sc5ccccc54)n3)cc2)cc1. The van der Waals surface area contributed by atoms with Crippen LogP contribution >= 0.6 is 11.8 Å². The third kappa shape index (κ3) is 5.28. The molecule has 3 nitrogen and oxygen atoms in total. The van der Waals surface area contributed by atoms with E-state index in [0.717, 1.165) is 55.7 Å². The van der Waals surface area contributed by atoms with Crippen molar-refractivity contribution in [2.24, 2.45) is 0 Å². The molecule has 60 heavy (non-hydrogen) atoms. The molecule has 4 heteroatoms. The van der Waals surface area contributed by atoms with Gasteiger partial charge in [-0.05, 0) is 74.3 Å². The Kier molecular flexibility index (Phi) is 8.00. The van der Waals surface area contributed by atoms with Gasteiger partial charge in [0.25, 0.3) is 0 Å². The smallest absolute Gasteiger partial charge is 0.161 e. The van der Waals surface area contributed by atoms with Crippen LogP contribution in [0.15, 0.2) is 222 Å². The van der Waals surface area contributed by atoms with Gasteiger partial charge in [0.1, 0.15) is 0 Å². The van der Waals surface area contributed by atoms with E-state index >= 15 is 0 Å². The van der Waals surface area contributed by atoms with E-state index in [1.54, 1.807) is 0 Å². The minimum Gasteiger partial charge on any atom is -0.256 e. The maximum absolute atomic E-state index is 5.50. The Labute approximate surface area is 353 Å². The molecule has 1 spiro atoms. The number of para-hydroxylation sites is 1. The van der Waals surface area contributed by atoms with Crippen molar-refractivity contribution in [3.05, 3.63) is 235 Å². The fraction of sp³-hybridized carbons (Fsp3) is 0.0179. The van der Waals surface area contributed by atoms with Gasteiger partial charge in [-0.2, -0.15) is 0 Å². The van der Waals surface area contributed by atoms with Crippen LogP contribution in [0.5, 0.6) is 0 Å². The van der Waals surface area contributed by atoms with E-state index in [1.807, 2.05) is 24.0 Å². The van der Waals surface area contributed by atoms with Crippen molar-refractivity contribution < 1.29 is 0 Å². The summed E-state index contributed by atoms with van der Waals surface area (Å²) in [6, 6.07) is 74.1. The van der Waals surface area contributed by atoms with Crippen LogP contribution in [0.1, 0.15) is 22.3 Å². The molecule has 0 saturated carbocycles. The molecule has 1 aliphatic heterocycles. The van der Waals surface area contributed by atoms with Crippen molar-refractivity contribution >= 4 is 22.7 Å². The maximum atomic E-state index is 5.50. The van der Waals surface area contributed by atoms with Gasteiger partial charge in [0.15, 0.2) is 5.82 Å². The van der Waals surface area contributed by atoms with Crippen molar-refractivity contribution in [1.82, 2.24) is 15.0 Å². The highest BCUT2D eigenvalue weighted by molar-refractivity contribution is 7.99. The first kappa shape index (κ1) is 34.6. The molecule has 10 aromatic rings. The fourth-order valence-electron chi connectivity index (χ4n) is 9.66. The van der Waals surface area contributed by atoms with Crippen molar-refractivity contribution in [3.8, 4) is 67.3 Å². The van der Waals surface area contributed by atoms with Crippen LogP contribution in [0.4, 0.5) is 0 Å². The summed E-state index contributed by atoms with van der Waals surface area (Å²) in [5.41, 5.74) is 17.3. The lowest BCUT2D eigenvalue weighted by Crippen LogP contribution is -2.31. The van der Waals surface area contributed by atoms with Gasteiger partial charge >= 0.3 is 0 Å². The molecule has 0 N–H and O–H groups in total. The van der Waals surface area contributed by atoms with Crippen LogP contribution in [0.3, 0.4) is 0 Å². The van der Waals surface area contributed by atoms with E-state index in [-0.39, 0.29) is 0 Å². The lowest BCUT2D eigenvalue weighted by atomic mass is 9.67. The molecule has 1 aliphatic carbocycles. The molecule has 0 unspecified atom stereocenters. The molecular formula is C56H35N3S. The molecule has 2 aromatic heterocycles. The second-order valence-electron chi connectivity index (χ2n) is 15.5. The van der Waals surface area contributed by atoms with Crippen LogP contribution in [0.25, 0.3) is 78.2 Å². The quantitative estimate of drug-likeness (QED) is 0.174. The Balaban J connectivity index is 1.17. The zero-order valence-corrected chi connectivity index (χ0v) is 33.3. The highest BCUT2D eigenvalue weighted by atomic mass is 32.2. The van der Waals surface area contributed by atoms with Crippen LogP contribution in [0.2, 0.25) is 0 Å². The molecule has 0 saturated heterocycles. The normalized spacial score (nSPS) is 13.1. The monoisotopic (exact) mass is 781 g/mol. The number of nitrogens with zero attached hydrogens (tertiary/aromatic N) is 3. The Hall–Kier alpha value is -7.40. The summed E-state index contributed by atoms with van der Waals surface area (Å²) in [4.78, 5) is 18.5. The molecule has 8 aromatic carbocycles. The van der Waals surface area contributed by atoms with Gasteiger partial charge in [-0.25, -0.2) is 9.97 Å². The van der Waals surface area contributed by atoms with E-state index < -0.39 is 5.41 Å². The second kappa shape index (κ2) is 13.9. The number of fused-ring (bicyclic) bond motifs is 10. The van der Waals surface area contributed by atoms with Crippen molar-refractivity contribution in [3.63, 3.8) is 0 Å². The molecular weight excluding hydrogens is 747 g/mol. The van der Waals surface area contributed by atoms with Gasteiger partial charge in [0, 0.05) is 43.6 Å². The minimum atomic E-state index is -0.583. The van der Waals surface area contributed by atoms with Gasteiger partial charge < -0.3 is 0 Å². The highest BCUT2D eigenvalue weighted by Gasteiger charge is 2.51. The van der Waals surface area contributed by atoms with Crippen LogP contribution < -0.4 is 0 Å². The van der Waals surface area contributed by atoms with Crippen molar-refractivity contribution in [2.75, 3.05) is 0 Å². The minimum absolute atomic E-state index is 0.583. The Bertz CT molecular complexity index is 3230. The topological polar surface area (TPSA) is 38.7 Å². The van der Waals surface area contributed by atoms with E-state index in [0.29, 0.717) is 5.82 Å². The van der Waals surface area contributed by atoms with E-state index in [9.17, 15) is 0 Å². The molecule has 0 atom stereocenters. The molecule has 0 amide bonds. The Morgan fingerprint density at radius 3 is 1.53 bits per heavy atom. The van der Waals surface area contributed by atoms with Gasteiger partial charge in [0.2, 0.25) is 0 Å². The summed E-state index contributed by atoms with van der Waals surface area (Å²) in [6.45, 7) is 0. The van der Waals surface area contributed by atoms with Gasteiger partial charge in [0.05, 0.1) is 22.3 Å². The third-order valence-electron chi connectivity index (χ3n) is 12.2. The van der Waals surface area contributed by atoms with Crippen LogP contribution in [-0.2, 0) is 5.41 Å². The fourth-order valence-corrected chi connectivity index (χ4v) is 10.8. The molecule has 12 rings (SSSR count). The maximum Gasteiger partial charge on any atom is 0.161 e. The largest absolute Gasteiger partial charge is 0.256 e. The average molecular weight is 782 g/mol. The van der Waals surface area contributed by atoms with Crippen molar-refractivity contribution in [1.29, 1.82) is 0 Å². The number of pyridine rings is 1. The third-order valence-corrected chi connectivity index (χ3v) is 13.4. The van der Waals surface area contributed by atoms with Gasteiger partial charge in [-0.1, -0.05) is 194 Å². The first-order valence-corrected chi connectivity index (χ1v) is 21.2. The zero-order valence-electron chi connectivity index (χ0n) is 32.5. The number of benzene rings is 8. The summed E-state index contributed by atoms with van der Waals surface area (Å²) in [6.07, 6.45) is 1.90. The molecule has 2 aliphatic rings. The number of hydrogen-bond donors (Lipinski definition) is 0. The average Bonchev–Trinajstić information content (AvgIpc) is 3.63. The molecule has 0 bridgehead atoms. The summed E-state index contributed by atoms with van der Waals surface area (Å²) in [5.74, 6) is 0.691. The van der Waals surface area contributed by atoms with E-state index in [4.69, 9.17) is 15.0 Å². The van der Waals surface area contributed by atoms with Crippen LogP contribution in [-0.4, -0.2) is 15.0 Å². The predicted molar refractivity (Wildman–Crippen MR) is 246 cm³/mol. The summed E-state index contributed by atoms with van der Waals surface area (Å²) in [5, 5.41) is 1.11. The molecule has 0 fully saturated rings. The Morgan fingerprint density at radius 1 is 0.367 bits per heavy atom. The molecule has 3 heterocycles. The first-order chi connectivity index (χ1) is 29.8. The lowest BCUT2D eigenvalue weighted by Gasteiger charge is -2.39. The summed E-state index contributed by atoms with van der Waals surface area (Å²) in [7, 11) is 0. The second-order valence-corrected chi connectivity index (χ2v) is 16.5. The van der Waals surface area contributed by atoms with Crippen molar-refractivity contribution in [2.45, 2.75) is 15.2 Å². The zero-order chi connectivity index (χ0) is 39.6. The first-order valence-electron chi connectivity index (χ1n) is 20.3. The molecule has 280 valence electrons.